The molecule has 0 saturated heterocycles. The number of aliphatic imine (C=N–C) groups is 1. The van der Waals surface area contributed by atoms with E-state index in [-0.39, 0.29) is 24.7 Å². The van der Waals surface area contributed by atoms with Crippen LogP contribution in [0.3, 0.4) is 0 Å². The Morgan fingerprint density at radius 2 is 1.86 bits per heavy atom. The number of hydrogen-bond acceptors (Lipinski definition) is 3. The van der Waals surface area contributed by atoms with Crippen molar-refractivity contribution in [3.05, 3.63) is 59.4 Å². The van der Waals surface area contributed by atoms with Crippen LogP contribution in [0.5, 0.6) is 5.75 Å². The van der Waals surface area contributed by atoms with Crippen molar-refractivity contribution < 1.29 is 22.7 Å². The van der Waals surface area contributed by atoms with Crippen LogP contribution in [0.1, 0.15) is 18.1 Å². The largest absolute Gasteiger partial charge is 0.434 e. The summed E-state index contributed by atoms with van der Waals surface area (Å²) >= 11 is 0. The minimum absolute atomic E-state index is 0.0549. The van der Waals surface area contributed by atoms with Crippen molar-refractivity contribution in [1.82, 2.24) is 10.6 Å². The van der Waals surface area contributed by atoms with Crippen LogP contribution in [0.15, 0.2) is 47.5 Å². The first-order chi connectivity index (χ1) is 13.9. The fraction of sp³-hybridized carbons (Fsp3) is 0.300. The summed E-state index contributed by atoms with van der Waals surface area (Å²) in [5.74, 6) is -0.348. The lowest BCUT2D eigenvalue weighted by Gasteiger charge is -2.13. The number of carbonyl (C=O) groups excluding carboxylic acids is 1. The van der Waals surface area contributed by atoms with Gasteiger partial charge in [-0.25, -0.2) is 9.38 Å². The van der Waals surface area contributed by atoms with Crippen molar-refractivity contribution in [2.75, 3.05) is 18.4 Å². The second-order valence-corrected chi connectivity index (χ2v) is 6.09. The molecule has 0 aliphatic carbocycles. The first-order valence-corrected chi connectivity index (χ1v) is 8.99. The molecule has 0 heterocycles. The summed E-state index contributed by atoms with van der Waals surface area (Å²) in [4.78, 5) is 16.4. The van der Waals surface area contributed by atoms with Gasteiger partial charge in [0.15, 0.2) is 5.96 Å². The van der Waals surface area contributed by atoms with Gasteiger partial charge in [-0.15, -0.1) is 0 Å². The molecule has 0 aliphatic rings. The number of carbonyl (C=O) groups is 1. The highest BCUT2D eigenvalue weighted by atomic mass is 19.3. The predicted octanol–water partition coefficient (Wildman–Crippen LogP) is 3.43. The molecule has 1 amide bonds. The summed E-state index contributed by atoms with van der Waals surface area (Å²) in [6.45, 7) is 1.30. The van der Waals surface area contributed by atoms with Gasteiger partial charge in [0.25, 0.3) is 0 Å². The Balaban J connectivity index is 1.99. The molecule has 0 aromatic heterocycles. The van der Waals surface area contributed by atoms with Gasteiger partial charge in [0.05, 0.1) is 13.1 Å². The SMILES string of the molecule is CCNC(=NCc1cc(C)ccc1OC(F)F)NCC(=O)Nc1ccc(F)cc1. The maximum Gasteiger partial charge on any atom is 0.387 e. The van der Waals surface area contributed by atoms with Crippen molar-refractivity contribution in [3.63, 3.8) is 0 Å². The summed E-state index contributed by atoms with van der Waals surface area (Å²) in [6.07, 6.45) is 0. The minimum atomic E-state index is -2.93. The van der Waals surface area contributed by atoms with Crippen LogP contribution >= 0.6 is 0 Å². The van der Waals surface area contributed by atoms with Crippen molar-refractivity contribution in [2.24, 2.45) is 4.99 Å². The number of anilines is 1. The average molecular weight is 408 g/mol. The maximum atomic E-state index is 12.9. The molecule has 156 valence electrons. The van der Waals surface area contributed by atoms with Crippen molar-refractivity contribution in [3.8, 4) is 5.75 Å². The lowest BCUT2D eigenvalue weighted by molar-refractivity contribution is -0.115. The number of aryl methyl sites for hydroxylation is 1. The second kappa shape index (κ2) is 10.9. The lowest BCUT2D eigenvalue weighted by Crippen LogP contribution is -2.41. The number of nitrogens with one attached hydrogen (secondary N) is 3. The average Bonchev–Trinajstić information content (AvgIpc) is 2.67. The first-order valence-electron chi connectivity index (χ1n) is 8.99. The van der Waals surface area contributed by atoms with Gasteiger partial charge in [0, 0.05) is 17.8 Å². The Morgan fingerprint density at radius 3 is 2.52 bits per heavy atom. The summed E-state index contributed by atoms with van der Waals surface area (Å²) < 4.78 is 42.6. The van der Waals surface area contributed by atoms with Gasteiger partial charge in [-0.2, -0.15) is 8.78 Å². The van der Waals surface area contributed by atoms with E-state index >= 15 is 0 Å². The van der Waals surface area contributed by atoms with Crippen molar-refractivity contribution in [1.29, 1.82) is 0 Å². The summed E-state index contributed by atoms with van der Waals surface area (Å²) in [5, 5.41) is 8.46. The molecule has 9 heteroatoms. The Hall–Kier alpha value is -3.23. The highest BCUT2D eigenvalue weighted by Gasteiger charge is 2.10. The number of ether oxygens (including phenoxy) is 1. The molecule has 2 aromatic rings. The Morgan fingerprint density at radius 1 is 1.14 bits per heavy atom. The van der Waals surface area contributed by atoms with Gasteiger partial charge in [-0.05, 0) is 44.2 Å². The molecule has 0 atom stereocenters. The van der Waals surface area contributed by atoms with Gasteiger partial charge in [-0.3, -0.25) is 4.79 Å². The number of amides is 1. The number of nitrogens with zero attached hydrogens (tertiary/aromatic N) is 1. The number of rotatable bonds is 8. The quantitative estimate of drug-likeness (QED) is 0.462. The van der Waals surface area contributed by atoms with Gasteiger partial charge in [0.1, 0.15) is 11.6 Å². The van der Waals surface area contributed by atoms with E-state index in [1.807, 2.05) is 13.8 Å². The molecule has 3 N–H and O–H groups in total. The summed E-state index contributed by atoms with van der Waals surface area (Å²) in [7, 11) is 0. The van der Waals surface area contributed by atoms with E-state index in [1.54, 1.807) is 12.1 Å². The second-order valence-electron chi connectivity index (χ2n) is 6.09. The van der Waals surface area contributed by atoms with E-state index in [4.69, 9.17) is 0 Å². The van der Waals surface area contributed by atoms with Crippen LogP contribution in [0.2, 0.25) is 0 Å². The molecule has 0 aliphatic heterocycles. The standard InChI is InChI=1S/C20H23F3N4O2/c1-3-24-20(26-12-18(28)27-16-7-5-15(21)6-8-16)25-11-14-10-13(2)4-9-17(14)29-19(22)23/h4-10,19H,3,11-12H2,1-2H3,(H,27,28)(H2,24,25,26). The topological polar surface area (TPSA) is 74.8 Å². The van der Waals surface area contributed by atoms with Crippen LogP contribution < -0.4 is 20.7 Å². The molecule has 0 bridgehead atoms. The number of hydrogen-bond donors (Lipinski definition) is 3. The van der Waals surface area contributed by atoms with Crippen LogP contribution in [-0.2, 0) is 11.3 Å². The Bertz CT molecular complexity index is 842. The van der Waals surface area contributed by atoms with Gasteiger partial charge in [-0.1, -0.05) is 17.7 Å². The number of benzene rings is 2. The highest BCUT2D eigenvalue weighted by molar-refractivity contribution is 5.94. The third-order valence-corrected chi connectivity index (χ3v) is 3.73. The van der Waals surface area contributed by atoms with Gasteiger partial charge >= 0.3 is 6.61 Å². The fourth-order valence-electron chi connectivity index (χ4n) is 2.45. The van der Waals surface area contributed by atoms with E-state index < -0.39 is 12.4 Å². The summed E-state index contributed by atoms with van der Waals surface area (Å²) in [5.41, 5.74) is 1.85. The first kappa shape index (κ1) is 22.1. The molecular formula is C20H23F3N4O2. The Labute approximate surface area is 167 Å². The number of alkyl halides is 2. The van der Waals surface area contributed by atoms with E-state index in [2.05, 4.69) is 25.7 Å². The molecule has 0 radical (unpaired) electrons. The molecular weight excluding hydrogens is 385 g/mol. The molecule has 0 spiro atoms. The van der Waals surface area contributed by atoms with Crippen LogP contribution in [0, 0.1) is 12.7 Å². The molecule has 6 nitrogen and oxygen atoms in total. The van der Waals surface area contributed by atoms with Crippen LogP contribution in [0.4, 0.5) is 18.9 Å². The minimum Gasteiger partial charge on any atom is -0.434 e. The lowest BCUT2D eigenvalue weighted by atomic mass is 10.1. The third-order valence-electron chi connectivity index (χ3n) is 3.73. The number of halogens is 3. The maximum absolute atomic E-state index is 12.9. The zero-order valence-corrected chi connectivity index (χ0v) is 16.1. The molecule has 29 heavy (non-hydrogen) atoms. The molecule has 2 aromatic carbocycles. The van der Waals surface area contributed by atoms with E-state index in [9.17, 15) is 18.0 Å². The van der Waals surface area contributed by atoms with Gasteiger partial charge in [0.2, 0.25) is 5.91 Å². The predicted molar refractivity (Wildman–Crippen MR) is 106 cm³/mol. The zero-order valence-electron chi connectivity index (χ0n) is 16.1. The van der Waals surface area contributed by atoms with Crippen molar-refractivity contribution >= 4 is 17.6 Å². The number of guanidine groups is 1. The fourth-order valence-corrected chi connectivity index (χ4v) is 2.45. The highest BCUT2D eigenvalue weighted by Crippen LogP contribution is 2.22. The molecule has 2 rings (SSSR count). The van der Waals surface area contributed by atoms with E-state index in [1.165, 1.54) is 30.3 Å². The van der Waals surface area contributed by atoms with Gasteiger partial charge < -0.3 is 20.7 Å². The normalized spacial score (nSPS) is 11.3. The Kier molecular flexibility index (Phi) is 8.32. The summed E-state index contributed by atoms with van der Waals surface area (Å²) in [6, 6.07) is 10.3. The van der Waals surface area contributed by atoms with Crippen molar-refractivity contribution in [2.45, 2.75) is 27.0 Å². The van der Waals surface area contributed by atoms with Crippen LogP contribution in [0.25, 0.3) is 0 Å². The molecule has 0 unspecified atom stereocenters. The van der Waals surface area contributed by atoms with Crippen LogP contribution in [-0.4, -0.2) is 31.6 Å². The smallest absolute Gasteiger partial charge is 0.387 e. The monoisotopic (exact) mass is 408 g/mol. The molecule has 0 saturated carbocycles. The third kappa shape index (κ3) is 7.73. The molecule has 0 fully saturated rings. The van der Waals surface area contributed by atoms with E-state index in [0.717, 1.165) is 5.56 Å². The van der Waals surface area contributed by atoms with E-state index in [0.29, 0.717) is 23.8 Å². The zero-order chi connectivity index (χ0) is 21.2.